The van der Waals surface area contributed by atoms with Crippen LogP contribution in [0.4, 0.5) is 0 Å². The fraction of sp³-hybridized carbons (Fsp3) is 0.316. The number of nitrogens with one attached hydrogen (secondary N) is 1. The van der Waals surface area contributed by atoms with Crippen molar-refractivity contribution in [3.63, 3.8) is 0 Å². The summed E-state index contributed by atoms with van der Waals surface area (Å²) in [5, 5.41) is 12.6. The van der Waals surface area contributed by atoms with E-state index < -0.39 is 0 Å². The molecule has 3 heterocycles. The molecule has 28 heavy (non-hydrogen) atoms. The molecule has 7 nitrogen and oxygen atoms in total. The van der Waals surface area contributed by atoms with Crippen LogP contribution in [0.25, 0.3) is 17.3 Å². The van der Waals surface area contributed by atoms with Gasteiger partial charge in [-0.3, -0.25) is 9.36 Å². The maximum absolute atomic E-state index is 12.2. The summed E-state index contributed by atoms with van der Waals surface area (Å²) in [6, 6.07) is 11.0. The number of aromatic nitrogens is 3. The highest BCUT2D eigenvalue weighted by molar-refractivity contribution is 7.99. The van der Waals surface area contributed by atoms with Gasteiger partial charge in [0.2, 0.25) is 11.7 Å². The molecular weight excluding hydrogens is 400 g/mol. The topological polar surface area (TPSA) is 82.2 Å². The molecule has 146 valence electrons. The van der Waals surface area contributed by atoms with Gasteiger partial charge in [-0.05, 0) is 43.2 Å². The minimum Gasteiger partial charge on any atom is -0.461 e. The summed E-state index contributed by atoms with van der Waals surface area (Å²) in [7, 11) is 0. The van der Waals surface area contributed by atoms with E-state index in [2.05, 4.69) is 15.5 Å². The third-order valence-electron chi connectivity index (χ3n) is 4.32. The second-order valence-corrected chi connectivity index (χ2v) is 7.71. The van der Waals surface area contributed by atoms with Gasteiger partial charge < -0.3 is 14.5 Å². The number of halogens is 1. The number of benzene rings is 1. The van der Waals surface area contributed by atoms with Crippen LogP contribution in [0.1, 0.15) is 12.8 Å². The summed E-state index contributed by atoms with van der Waals surface area (Å²) < 4.78 is 12.9. The second-order valence-electron chi connectivity index (χ2n) is 6.33. The molecule has 1 N–H and O–H groups in total. The van der Waals surface area contributed by atoms with Gasteiger partial charge in [-0.2, -0.15) is 0 Å². The third kappa shape index (κ3) is 4.40. The zero-order chi connectivity index (χ0) is 19.3. The first-order chi connectivity index (χ1) is 13.7. The van der Waals surface area contributed by atoms with E-state index in [0.29, 0.717) is 28.3 Å². The van der Waals surface area contributed by atoms with Crippen molar-refractivity contribution in [2.75, 3.05) is 18.9 Å². The van der Waals surface area contributed by atoms with Gasteiger partial charge in [-0.25, -0.2) is 0 Å². The Labute approximate surface area is 171 Å². The van der Waals surface area contributed by atoms with E-state index in [1.54, 1.807) is 18.4 Å². The molecule has 3 aromatic rings. The molecule has 1 aliphatic rings. The molecular formula is C19H19ClN4O3S. The number of rotatable bonds is 7. The number of nitrogens with zero attached hydrogens (tertiary/aromatic N) is 3. The van der Waals surface area contributed by atoms with Crippen LogP contribution in [0.2, 0.25) is 5.02 Å². The molecule has 0 saturated carbocycles. The van der Waals surface area contributed by atoms with Crippen LogP contribution < -0.4 is 5.32 Å². The van der Waals surface area contributed by atoms with Crippen molar-refractivity contribution >= 4 is 29.3 Å². The van der Waals surface area contributed by atoms with Crippen molar-refractivity contribution in [3.8, 4) is 17.3 Å². The maximum atomic E-state index is 12.2. The van der Waals surface area contributed by atoms with Gasteiger partial charge in [-0.1, -0.05) is 29.4 Å². The van der Waals surface area contributed by atoms with E-state index in [1.165, 1.54) is 11.8 Å². The van der Waals surface area contributed by atoms with Crippen LogP contribution in [0.5, 0.6) is 0 Å². The molecule has 0 bridgehead atoms. The monoisotopic (exact) mass is 418 g/mol. The van der Waals surface area contributed by atoms with Crippen molar-refractivity contribution in [2.45, 2.75) is 24.1 Å². The summed E-state index contributed by atoms with van der Waals surface area (Å²) >= 11 is 7.47. The van der Waals surface area contributed by atoms with Crippen LogP contribution in [0.15, 0.2) is 52.2 Å². The zero-order valence-corrected chi connectivity index (χ0v) is 16.6. The summed E-state index contributed by atoms with van der Waals surface area (Å²) in [4.78, 5) is 12.2. The number of carbonyl (C=O) groups excluding carboxylic acids is 1. The Morgan fingerprint density at radius 3 is 3.00 bits per heavy atom. The Kier molecular flexibility index (Phi) is 5.99. The van der Waals surface area contributed by atoms with Gasteiger partial charge in [0.25, 0.3) is 0 Å². The van der Waals surface area contributed by atoms with E-state index in [9.17, 15) is 4.79 Å². The van der Waals surface area contributed by atoms with Crippen molar-refractivity contribution < 1.29 is 13.9 Å². The molecule has 1 atom stereocenters. The number of hydrogen-bond acceptors (Lipinski definition) is 6. The predicted molar refractivity (Wildman–Crippen MR) is 107 cm³/mol. The van der Waals surface area contributed by atoms with Gasteiger partial charge in [0, 0.05) is 18.2 Å². The standard InChI is InChI=1S/C19H19ClN4O3S/c20-13-4-1-5-14(10-13)24-18(16-7-3-9-27-16)22-23-19(24)28-12-17(25)21-11-15-6-2-8-26-15/h1,3-5,7,9-10,15H,2,6,8,11-12H2,(H,21,25)/t15-/m1/s1. The molecule has 1 fully saturated rings. The average Bonchev–Trinajstić information content (AvgIpc) is 3.46. The van der Waals surface area contributed by atoms with E-state index >= 15 is 0 Å². The Bertz CT molecular complexity index is 939. The maximum Gasteiger partial charge on any atom is 0.230 e. The first-order valence-corrected chi connectivity index (χ1v) is 10.3. The van der Waals surface area contributed by atoms with Crippen LogP contribution in [-0.4, -0.2) is 45.7 Å². The SMILES string of the molecule is O=C(CSc1nnc(-c2ccco2)n1-c1cccc(Cl)c1)NC[C@H]1CCCO1. The average molecular weight is 419 g/mol. The molecule has 0 radical (unpaired) electrons. The first kappa shape index (κ1) is 19.0. The highest BCUT2D eigenvalue weighted by Gasteiger charge is 2.20. The molecule has 1 aromatic carbocycles. The number of furan rings is 1. The van der Waals surface area contributed by atoms with Gasteiger partial charge in [-0.15, -0.1) is 10.2 Å². The highest BCUT2D eigenvalue weighted by atomic mass is 35.5. The normalized spacial score (nSPS) is 16.4. The lowest BCUT2D eigenvalue weighted by Crippen LogP contribution is -2.32. The molecule has 1 saturated heterocycles. The van der Waals surface area contributed by atoms with Crippen LogP contribution in [0.3, 0.4) is 0 Å². The summed E-state index contributed by atoms with van der Waals surface area (Å²) in [6.45, 7) is 1.31. The minimum absolute atomic E-state index is 0.0688. The Morgan fingerprint density at radius 2 is 2.25 bits per heavy atom. The van der Waals surface area contributed by atoms with Crippen molar-refractivity contribution in [2.24, 2.45) is 0 Å². The van der Waals surface area contributed by atoms with Crippen molar-refractivity contribution in [1.82, 2.24) is 20.1 Å². The van der Waals surface area contributed by atoms with Crippen molar-refractivity contribution in [3.05, 3.63) is 47.7 Å². The predicted octanol–water partition coefficient (Wildman–Crippen LogP) is 3.57. The molecule has 0 aliphatic carbocycles. The van der Waals surface area contributed by atoms with E-state index in [1.807, 2.05) is 28.8 Å². The second kappa shape index (κ2) is 8.81. The van der Waals surface area contributed by atoms with Gasteiger partial charge in [0.05, 0.1) is 23.8 Å². The highest BCUT2D eigenvalue weighted by Crippen LogP contribution is 2.29. The third-order valence-corrected chi connectivity index (χ3v) is 5.49. The summed E-state index contributed by atoms with van der Waals surface area (Å²) in [5.74, 6) is 1.29. The van der Waals surface area contributed by atoms with E-state index in [0.717, 1.165) is 25.1 Å². The minimum atomic E-state index is -0.0688. The smallest absolute Gasteiger partial charge is 0.230 e. The van der Waals surface area contributed by atoms with Gasteiger partial charge in [0.1, 0.15) is 0 Å². The van der Waals surface area contributed by atoms with Gasteiger partial charge >= 0.3 is 0 Å². The number of hydrogen-bond donors (Lipinski definition) is 1. The number of amides is 1. The Balaban J connectivity index is 1.51. The molecule has 4 rings (SSSR count). The van der Waals surface area contributed by atoms with Crippen molar-refractivity contribution in [1.29, 1.82) is 0 Å². The zero-order valence-electron chi connectivity index (χ0n) is 15.0. The fourth-order valence-electron chi connectivity index (χ4n) is 2.99. The quantitative estimate of drug-likeness (QED) is 0.590. The molecule has 9 heteroatoms. The van der Waals surface area contributed by atoms with Gasteiger partial charge in [0.15, 0.2) is 10.9 Å². The number of ether oxygens (including phenoxy) is 1. The lowest BCUT2D eigenvalue weighted by Gasteiger charge is -2.11. The van der Waals surface area contributed by atoms with Crippen LogP contribution in [-0.2, 0) is 9.53 Å². The summed E-state index contributed by atoms with van der Waals surface area (Å²) in [5.41, 5.74) is 0.797. The number of thioether (sulfide) groups is 1. The van der Waals surface area contributed by atoms with Crippen LogP contribution >= 0.6 is 23.4 Å². The number of carbonyl (C=O) groups is 1. The fourth-order valence-corrected chi connectivity index (χ4v) is 3.96. The molecule has 0 unspecified atom stereocenters. The molecule has 1 amide bonds. The lowest BCUT2D eigenvalue weighted by atomic mass is 10.2. The summed E-state index contributed by atoms with van der Waals surface area (Å²) in [6.07, 6.45) is 3.74. The lowest BCUT2D eigenvalue weighted by molar-refractivity contribution is -0.119. The molecule has 1 aliphatic heterocycles. The Morgan fingerprint density at radius 1 is 1.32 bits per heavy atom. The largest absolute Gasteiger partial charge is 0.461 e. The van der Waals surface area contributed by atoms with Crippen LogP contribution in [0, 0.1) is 0 Å². The molecule has 0 spiro atoms. The van der Waals surface area contributed by atoms with E-state index in [-0.39, 0.29) is 17.8 Å². The first-order valence-electron chi connectivity index (χ1n) is 8.97. The van der Waals surface area contributed by atoms with E-state index in [4.69, 9.17) is 20.8 Å². The Hall–Kier alpha value is -2.29. The molecule has 2 aromatic heterocycles.